The lowest BCUT2D eigenvalue weighted by Gasteiger charge is -2.20. The molecule has 1 atom stereocenters. The third-order valence-corrected chi connectivity index (χ3v) is 3.40. The van der Waals surface area contributed by atoms with Crippen LogP contribution in [-0.4, -0.2) is 54.9 Å². The highest BCUT2D eigenvalue weighted by molar-refractivity contribution is 7.92. The van der Waals surface area contributed by atoms with Gasteiger partial charge in [0.25, 0.3) is 0 Å². The van der Waals surface area contributed by atoms with Crippen molar-refractivity contribution < 1.29 is 23.1 Å². The lowest BCUT2D eigenvalue weighted by Crippen LogP contribution is -2.43. The van der Waals surface area contributed by atoms with Crippen LogP contribution in [0.25, 0.3) is 0 Å². The molecule has 0 fully saturated rings. The minimum absolute atomic E-state index is 0.231. The first-order valence-electron chi connectivity index (χ1n) is 4.33. The number of sulfone groups is 1. The van der Waals surface area contributed by atoms with Crippen LogP contribution in [0.5, 0.6) is 0 Å². The van der Waals surface area contributed by atoms with Crippen LogP contribution in [-0.2, 0) is 19.4 Å². The van der Waals surface area contributed by atoms with E-state index < -0.39 is 33.5 Å². The fraction of sp³-hybridized carbons (Fsp3) is 0.556. The number of hydrogen-bond acceptors (Lipinski definition) is 4. The zero-order chi connectivity index (χ0) is 12.9. The molecule has 0 radical (unpaired) electrons. The Morgan fingerprint density at radius 2 is 2.00 bits per heavy atom. The van der Waals surface area contributed by atoms with Gasteiger partial charge in [0.2, 0.25) is 5.91 Å². The van der Waals surface area contributed by atoms with Gasteiger partial charge in [-0.25, -0.2) is 8.42 Å². The number of carbonyl (C=O) groups excluding carboxylic acids is 1. The molecular formula is C9H13NO5S. The van der Waals surface area contributed by atoms with Crippen LogP contribution in [0, 0.1) is 12.3 Å². The molecule has 0 saturated heterocycles. The quantitative estimate of drug-likeness (QED) is 0.627. The highest BCUT2D eigenvalue weighted by Gasteiger charge is 2.28. The summed E-state index contributed by atoms with van der Waals surface area (Å²) in [6.07, 6.45) is 5.87. The lowest BCUT2D eigenvalue weighted by molar-refractivity contribution is -0.143. The normalized spacial score (nSPS) is 12.6. The molecule has 0 aliphatic rings. The number of amides is 1. The molecule has 0 aromatic heterocycles. The number of carboxylic acids is 1. The molecule has 0 saturated carbocycles. The fourth-order valence-corrected chi connectivity index (χ4v) is 1.44. The van der Waals surface area contributed by atoms with E-state index in [0.717, 1.165) is 11.2 Å². The van der Waals surface area contributed by atoms with Crippen molar-refractivity contribution in [2.75, 3.05) is 19.3 Å². The Morgan fingerprint density at radius 1 is 1.50 bits per heavy atom. The highest BCUT2D eigenvalue weighted by atomic mass is 32.2. The molecule has 0 aromatic carbocycles. The molecule has 7 heteroatoms. The first kappa shape index (κ1) is 14.5. The Labute approximate surface area is 94.2 Å². The number of aliphatic carboxylic acids is 1. The molecule has 0 heterocycles. The Kier molecular flexibility index (Phi) is 4.98. The molecule has 1 N–H and O–H groups in total. The second-order valence-electron chi connectivity index (χ2n) is 3.26. The van der Waals surface area contributed by atoms with E-state index in [0.29, 0.717) is 0 Å². The summed E-state index contributed by atoms with van der Waals surface area (Å²) in [6.45, 7) is 0.358. The van der Waals surface area contributed by atoms with Crippen LogP contribution in [0.4, 0.5) is 0 Å². The zero-order valence-electron chi connectivity index (χ0n) is 9.00. The third kappa shape index (κ3) is 4.31. The van der Waals surface area contributed by atoms with Crippen LogP contribution >= 0.6 is 0 Å². The van der Waals surface area contributed by atoms with E-state index in [9.17, 15) is 18.0 Å². The minimum atomic E-state index is -3.55. The van der Waals surface area contributed by atoms with Crippen molar-refractivity contribution in [1.29, 1.82) is 0 Å². The molecule has 16 heavy (non-hydrogen) atoms. The van der Waals surface area contributed by atoms with E-state index in [1.807, 2.05) is 0 Å². The molecule has 0 rings (SSSR count). The molecule has 0 aromatic rings. The number of terminal acetylenes is 1. The summed E-state index contributed by atoms with van der Waals surface area (Å²) in [7, 11) is -3.55. The van der Waals surface area contributed by atoms with Gasteiger partial charge in [-0.15, -0.1) is 6.42 Å². The predicted octanol–water partition coefficient (Wildman–Crippen LogP) is -1.03. The lowest BCUT2D eigenvalue weighted by atomic mass is 10.3. The van der Waals surface area contributed by atoms with E-state index in [1.165, 1.54) is 6.92 Å². The second-order valence-corrected chi connectivity index (χ2v) is 5.63. The van der Waals surface area contributed by atoms with E-state index in [1.54, 1.807) is 0 Å². The van der Waals surface area contributed by atoms with Gasteiger partial charge in [-0.2, -0.15) is 0 Å². The molecule has 0 aliphatic heterocycles. The molecule has 0 bridgehead atoms. The summed E-state index contributed by atoms with van der Waals surface area (Å²) < 4.78 is 22.2. The number of nitrogens with zero attached hydrogens (tertiary/aromatic N) is 1. The summed E-state index contributed by atoms with van der Waals surface area (Å²) in [6, 6.07) is 0. The van der Waals surface area contributed by atoms with Crippen molar-refractivity contribution >= 4 is 21.7 Å². The van der Waals surface area contributed by atoms with Gasteiger partial charge in [0.1, 0.15) is 11.8 Å². The smallest absolute Gasteiger partial charge is 0.323 e. The fourth-order valence-electron chi connectivity index (χ4n) is 0.925. The monoisotopic (exact) mass is 247 g/mol. The number of carboxylic acid groups (broad SMARTS) is 1. The second kappa shape index (κ2) is 5.51. The molecule has 0 aliphatic carbocycles. The minimum Gasteiger partial charge on any atom is -0.480 e. The van der Waals surface area contributed by atoms with Crippen molar-refractivity contribution in [3.8, 4) is 12.3 Å². The van der Waals surface area contributed by atoms with E-state index in [2.05, 4.69) is 5.92 Å². The van der Waals surface area contributed by atoms with Crippen LogP contribution in [0.15, 0.2) is 0 Å². The van der Waals surface area contributed by atoms with Gasteiger partial charge in [-0.05, 0) is 6.92 Å². The third-order valence-electron chi connectivity index (χ3n) is 1.91. The molecule has 6 nitrogen and oxygen atoms in total. The van der Waals surface area contributed by atoms with Crippen molar-refractivity contribution in [2.24, 2.45) is 0 Å². The van der Waals surface area contributed by atoms with E-state index in [4.69, 9.17) is 11.5 Å². The predicted molar refractivity (Wildman–Crippen MR) is 57.4 cm³/mol. The Hall–Kier alpha value is -1.55. The molecule has 1 unspecified atom stereocenters. The Balaban J connectivity index is 4.89. The van der Waals surface area contributed by atoms with Gasteiger partial charge in [-0.1, -0.05) is 5.92 Å². The van der Waals surface area contributed by atoms with Gasteiger partial charge in [-0.3, -0.25) is 9.59 Å². The first-order valence-corrected chi connectivity index (χ1v) is 6.28. The summed E-state index contributed by atoms with van der Waals surface area (Å²) in [4.78, 5) is 22.9. The highest BCUT2D eigenvalue weighted by Crippen LogP contribution is 2.03. The number of carbonyl (C=O) groups is 2. The van der Waals surface area contributed by atoms with Gasteiger partial charge in [0.15, 0.2) is 9.84 Å². The van der Waals surface area contributed by atoms with E-state index in [-0.39, 0.29) is 6.54 Å². The standard InChI is InChI=1S/C9H13NO5S/c1-4-5-10(6-8(11)12)9(13)7(2)16(3,14)15/h1,7H,5-6H2,2-3H3,(H,11,12). The zero-order valence-corrected chi connectivity index (χ0v) is 9.82. The number of rotatable bonds is 5. The van der Waals surface area contributed by atoms with Gasteiger partial charge < -0.3 is 10.0 Å². The maximum absolute atomic E-state index is 11.6. The Morgan fingerprint density at radius 3 is 2.31 bits per heavy atom. The largest absolute Gasteiger partial charge is 0.480 e. The van der Waals surface area contributed by atoms with Crippen molar-refractivity contribution in [1.82, 2.24) is 4.90 Å². The van der Waals surface area contributed by atoms with Crippen LogP contribution in [0.1, 0.15) is 6.92 Å². The van der Waals surface area contributed by atoms with Gasteiger partial charge >= 0.3 is 5.97 Å². The average molecular weight is 247 g/mol. The molecular weight excluding hydrogens is 234 g/mol. The van der Waals surface area contributed by atoms with E-state index >= 15 is 0 Å². The van der Waals surface area contributed by atoms with Crippen molar-refractivity contribution in [2.45, 2.75) is 12.2 Å². The average Bonchev–Trinajstić information content (AvgIpc) is 2.12. The van der Waals surface area contributed by atoms with Crippen LogP contribution in [0.2, 0.25) is 0 Å². The molecule has 0 spiro atoms. The maximum Gasteiger partial charge on any atom is 0.323 e. The van der Waals surface area contributed by atoms with Gasteiger partial charge in [0.05, 0.1) is 6.54 Å². The van der Waals surface area contributed by atoms with Crippen LogP contribution < -0.4 is 0 Å². The summed E-state index contributed by atoms with van der Waals surface area (Å²) in [5.74, 6) is 0.0584. The van der Waals surface area contributed by atoms with Crippen molar-refractivity contribution in [3.05, 3.63) is 0 Å². The van der Waals surface area contributed by atoms with Gasteiger partial charge in [0, 0.05) is 6.26 Å². The SMILES string of the molecule is C#CCN(CC(=O)O)C(=O)C(C)S(C)(=O)=O. The van der Waals surface area contributed by atoms with Crippen LogP contribution in [0.3, 0.4) is 0 Å². The topological polar surface area (TPSA) is 91.8 Å². The summed E-state index contributed by atoms with van der Waals surface area (Å²) in [5, 5.41) is 7.24. The Bertz CT molecular complexity index is 420. The number of hydrogen-bond donors (Lipinski definition) is 1. The molecule has 90 valence electrons. The summed E-state index contributed by atoms with van der Waals surface area (Å²) in [5.41, 5.74) is 0. The summed E-state index contributed by atoms with van der Waals surface area (Å²) >= 11 is 0. The molecule has 1 amide bonds. The maximum atomic E-state index is 11.6. The first-order chi connectivity index (χ1) is 7.20. The van der Waals surface area contributed by atoms with Crippen molar-refractivity contribution in [3.63, 3.8) is 0 Å².